The zero-order chi connectivity index (χ0) is 19.4. The Morgan fingerprint density at radius 2 is 1.74 bits per heavy atom. The number of benzene rings is 2. The standard InChI is InChI=1S/C21H17F3N2O/c1-14-11-17(9-10-25-14)16-5-7-19(8-6-16)26-20(27)13-15-3-2-4-18(12-15)21(22,23)24/h2-12H,13H2,1H3,(H,26,27). The predicted molar refractivity (Wildman–Crippen MR) is 98.2 cm³/mol. The zero-order valence-electron chi connectivity index (χ0n) is 14.5. The molecule has 6 heteroatoms. The number of halogens is 3. The molecule has 3 rings (SSSR count). The molecule has 1 heterocycles. The molecule has 0 spiro atoms. The van der Waals surface area contributed by atoms with E-state index in [0.29, 0.717) is 11.3 Å². The van der Waals surface area contributed by atoms with Gasteiger partial charge in [-0.3, -0.25) is 9.78 Å². The first-order chi connectivity index (χ1) is 12.8. The van der Waals surface area contributed by atoms with Crippen molar-refractivity contribution >= 4 is 11.6 Å². The fraction of sp³-hybridized carbons (Fsp3) is 0.143. The van der Waals surface area contributed by atoms with Crippen LogP contribution in [0.1, 0.15) is 16.8 Å². The van der Waals surface area contributed by atoms with Crippen LogP contribution in [0.2, 0.25) is 0 Å². The Kier molecular flexibility index (Phi) is 5.26. The van der Waals surface area contributed by atoms with Gasteiger partial charge in [0.05, 0.1) is 12.0 Å². The number of rotatable bonds is 4. The highest BCUT2D eigenvalue weighted by molar-refractivity contribution is 5.92. The van der Waals surface area contributed by atoms with Gasteiger partial charge in [-0.15, -0.1) is 0 Å². The van der Waals surface area contributed by atoms with E-state index in [0.717, 1.165) is 29.0 Å². The second kappa shape index (κ2) is 7.61. The Morgan fingerprint density at radius 3 is 2.41 bits per heavy atom. The van der Waals surface area contributed by atoms with Gasteiger partial charge < -0.3 is 5.32 Å². The average Bonchev–Trinajstić information content (AvgIpc) is 2.62. The van der Waals surface area contributed by atoms with Crippen LogP contribution >= 0.6 is 0 Å². The minimum Gasteiger partial charge on any atom is -0.326 e. The summed E-state index contributed by atoms with van der Waals surface area (Å²) in [7, 11) is 0. The Bertz CT molecular complexity index is 950. The van der Waals surface area contributed by atoms with E-state index in [-0.39, 0.29) is 12.3 Å². The SMILES string of the molecule is Cc1cc(-c2ccc(NC(=O)Cc3cccc(C(F)(F)F)c3)cc2)ccn1. The number of carbonyl (C=O) groups is 1. The molecule has 0 unspecified atom stereocenters. The molecule has 0 fully saturated rings. The lowest BCUT2D eigenvalue weighted by molar-refractivity contribution is -0.137. The number of nitrogens with zero attached hydrogens (tertiary/aromatic N) is 1. The van der Waals surface area contributed by atoms with Gasteiger partial charge in [0.2, 0.25) is 5.91 Å². The van der Waals surface area contributed by atoms with Crippen LogP contribution in [-0.2, 0) is 17.4 Å². The first-order valence-electron chi connectivity index (χ1n) is 8.30. The normalized spacial score (nSPS) is 11.3. The number of hydrogen-bond donors (Lipinski definition) is 1. The number of nitrogens with one attached hydrogen (secondary N) is 1. The van der Waals surface area contributed by atoms with Crippen LogP contribution in [0.25, 0.3) is 11.1 Å². The van der Waals surface area contributed by atoms with Crippen molar-refractivity contribution in [2.24, 2.45) is 0 Å². The smallest absolute Gasteiger partial charge is 0.326 e. The molecule has 0 saturated heterocycles. The summed E-state index contributed by atoms with van der Waals surface area (Å²) in [5.41, 5.74) is 3.05. The number of carbonyl (C=O) groups excluding carboxylic acids is 1. The van der Waals surface area contributed by atoms with E-state index in [2.05, 4.69) is 10.3 Å². The fourth-order valence-corrected chi connectivity index (χ4v) is 2.72. The van der Waals surface area contributed by atoms with Gasteiger partial charge in [-0.05, 0) is 53.9 Å². The predicted octanol–water partition coefficient (Wildman–Crippen LogP) is 5.26. The van der Waals surface area contributed by atoms with Gasteiger partial charge >= 0.3 is 6.18 Å². The highest BCUT2D eigenvalue weighted by Gasteiger charge is 2.30. The van der Waals surface area contributed by atoms with Crippen LogP contribution in [0.15, 0.2) is 66.9 Å². The van der Waals surface area contributed by atoms with Crippen LogP contribution in [0.3, 0.4) is 0 Å². The molecule has 0 radical (unpaired) electrons. The quantitative estimate of drug-likeness (QED) is 0.681. The third-order valence-corrected chi connectivity index (χ3v) is 4.02. The summed E-state index contributed by atoms with van der Waals surface area (Å²) in [6.45, 7) is 1.91. The molecule has 138 valence electrons. The minimum atomic E-state index is -4.42. The molecule has 27 heavy (non-hydrogen) atoms. The highest BCUT2D eigenvalue weighted by Crippen LogP contribution is 2.29. The third kappa shape index (κ3) is 4.94. The number of amides is 1. The fourth-order valence-electron chi connectivity index (χ4n) is 2.72. The maximum Gasteiger partial charge on any atom is 0.416 e. The number of alkyl halides is 3. The van der Waals surface area contributed by atoms with Gasteiger partial charge in [-0.25, -0.2) is 0 Å². The molecule has 1 amide bonds. The lowest BCUT2D eigenvalue weighted by Gasteiger charge is -2.10. The molecule has 1 aromatic heterocycles. The molecule has 3 nitrogen and oxygen atoms in total. The van der Waals surface area contributed by atoms with Crippen LogP contribution in [0, 0.1) is 6.92 Å². The third-order valence-electron chi connectivity index (χ3n) is 4.02. The molecule has 3 aromatic rings. The summed E-state index contributed by atoms with van der Waals surface area (Å²) in [5.74, 6) is -0.373. The van der Waals surface area contributed by atoms with Crippen molar-refractivity contribution in [1.29, 1.82) is 0 Å². The summed E-state index contributed by atoms with van der Waals surface area (Å²) in [5, 5.41) is 2.71. The van der Waals surface area contributed by atoms with E-state index in [1.807, 2.05) is 31.2 Å². The molecule has 0 aliphatic heterocycles. The summed E-state index contributed by atoms with van der Waals surface area (Å²) < 4.78 is 38.3. The van der Waals surface area contributed by atoms with Gasteiger partial charge in [0.15, 0.2) is 0 Å². The van der Waals surface area contributed by atoms with Crippen molar-refractivity contribution in [1.82, 2.24) is 4.98 Å². The molecule has 0 aliphatic carbocycles. The van der Waals surface area contributed by atoms with Crippen LogP contribution in [0.4, 0.5) is 18.9 Å². The summed E-state index contributed by atoms with van der Waals surface area (Å²) >= 11 is 0. The van der Waals surface area contributed by atoms with Crippen LogP contribution in [-0.4, -0.2) is 10.9 Å². The van der Waals surface area contributed by atoms with E-state index >= 15 is 0 Å². The van der Waals surface area contributed by atoms with E-state index < -0.39 is 11.7 Å². The zero-order valence-corrected chi connectivity index (χ0v) is 14.5. The van der Waals surface area contributed by atoms with Crippen LogP contribution in [0.5, 0.6) is 0 Å². The second-order valence-electron chi connectivity index (χ2n) is 6.19. The van der Waals surface area contributed by atoms with Crippen molar-refractivity contribution < 1.29 is 18.0 Å². The van der Waals surface area contributed by atoms with Gasteiger partial charge in [0.25, 0.3) is 0 Å². The maximum atomic E-state index is 12.8. The van der Waals surface area contributed by atoms with Crippen molar-refractivity contribution in [3.63, 3.8) is 0 Å². The molecule has 0 atom stereocenters. The summed E-state index contributed by atoms with van der Waals surface area (Å²) in [6, 6.07) is 15.9. The number of hydrogen-bond acceptors (Lipinski definition) is 2. The second-order valence-corrected chi connectivity index (χ2v) is 6.19. The number of pyridine rings is 1. The summed E-state index contributed by atoms with van der Waals surface area (Å²) in [4.78, 5) is 16.3. The lowest BCUT2D eigenvalue weighted by Crippen LogP contribution is -2.15. The first kappa shape index (κ1) is 18.6. The topological polar surface area (TPSA) is 42.0 Å². The average molecular weight is 370 g/mol. The maximum absolute atomic E-state index is 12.8. The Labute approximate surface area is 154 Å². The van der Waals surface area contributed by atoms with Crippen molar-refractivity contribution in [2.45, 2.75) is 19.5 Å². The van der Waals surface area contributed by atoms with Gasteiger partial charge in [-0.2, -0.15) is 13.2 Å². The minimum absolute atomic E-state index is 0.130. The first-order valence-corrected chi connectivity index (χ1v) is 8.30. The van der Waals surface area contributed by atoms with Gasteiger partial charge in [0, 0.05) is 17.6 Å². The molecular formula is C21H17F3N2O. The highest BCUT2D eigenvalue weighted by atomic mass is 19.4. The molecule has 1 N–H and O–H groups in total. The van der Waals surface area contributed by atoms with Crippen molar-refractivity contribution in [3.8, 4) is 11.1 Å². The molecular weight excluding hydrogens is 353 g/mol. The van der Waals surface area contributed by atoms with E-state index in [9.17, 15) is 18.0 Å². The number of aromatic nitrogens is 1. The van der Waals surface area contributed by atoms with E-state index in [4.69, 9.17) is 0 Å². The molecule has 0 aliphatic rings. The number of anilines is 1. The molecule has 2 aromatic carbocycles. The van der Waals surface area contributed by atoms with Crippen molar-refractivity contribution in [2.75, 3.05) is 5.32 Å². The number of aryl methyl sites for hydroxylation is 1. The molecule has 0 bridgehead atoms. The van der Waals surface area contributed by atoms with Crippen molar-refractivity contribution in [3.05, 3.63) is 83.7 Å². The van der Waals surface area contributed by atoms with Crippen LogP contribution < -0.4 is 5.32 Å². The molecule has 0 saturated carbocycles. The van der Waals surface area contributed by atoms with Gasteiger partial charge in [0.1, 0.15) is 0 Å². The Balaban J connectivity index is 1.66. The Morgan fingerprint density at radius 1 is 1.00 bits per heavy atom. The largest absolute Gasteiger partial charge is 0.416 e. The monoisotopic (exact) mass is 370 g/mol. The van der Waals surface area contributed by atoms with Gasteiger partial charge in [-0.1, -0.05) is 30.3 Å². The lowest BCUT2D eigenvalue weighted by atomic mass is 10.1. The van der Waals surface area contributed by atoms with E-state index in [1.165, 1.54) is 12.1 Å². The van der Waals surface area contributed by atoms with E-state index in [1.54, 1.807) is 18.3 Å². The summed E-state index contributed by atoms with van der Waals surface area (Å²) in [6.07, 6.45) is -2.82. The Hall–Kier alpha value is -3.15.